The van der Waals surface area contributed by atoms with E-state index in [0.29, 0.717) is 17.2 Å². The molecule has 1 aromatic heterocycles. The lowest BCUT2D eigenvalue weighted by Gasteiger charge is -2.28. The number of tetrazole rings is 1. The lowest BCUT2D eigenvalue weighted by atomic mass is 9.84. The molecule has 1 atom stereocenters. The van der Waals surface area contributed by atoms with Gasteiger partial charge in [-0.05, 0) is 90.6 Å². The molecule has 0 aliphatic heterocycles. The van der Waals surface area contributed by atoms with Crippen molar-refractivity contribution in [2.45, 2.75) is 63.8 Å². The third-order valence-corrected chi connectivity index (χ3v) is 7.52. The number of anilines is 2. The Kier molecular flexibility index (Phi) is 9.03. The van der Waals surface area contributed by atoms with Crippen LogP contribution in [-0.4, -0.2) is 38.5 Å². The third kappa shape index (κ3) is 7.56. The number of nitrogens with zero attached hydrogens (tertiary/aromatic N) is 4. The fourth-order valence-electron chi connectivity index (χ4n) is 5.19. The number of ether oxygens (including phenoxy) is 1. The largest absolute Gasteiger partial charge is 0.481 e. The Morgan fingerprint density at radius 3 is 2.26 bits per heavy atom. The van der Waals surface area contributed by atoms with Crippen molar-refractivity contribution in [1.29, 1.82) is 0 Å². The molecule has 2 N–H and O–H groups in total. The van der Waals surface area contributed by atoms with Gasteiger partial charge < -0.3 is 9.64 Å². The van der Waals surface area contributed by atoms with Crippen LogP contribution in [0.5, 0.6) is 5.75 Å². The van der Waals surface area contributed by atoms with Crippen molar-refractivity contribution in [3.63, 3.8) is 0 Å². The summed E-state index contributed by atoms with van der Waals surface area (Å²) in [5, 5.41) is 15.6. The highest BCUT2D eigenvalue weighted by atomic mass is 19.4. The maximum absolute atomic E-state index is 13.8. The Hall–Kier alpha value is -4.74. The van der Waals surface area contributed by atoms with Crippen molar-refractivity contribution in [3.8, 4) is 5.75 Å². The Morgan fingerprint density at radius 2 is 1.65 bits per heavy atom. The first-order valence-electron chi connectivity index (χ1n) is 14.1. The monoisotopic (exact) mass is 592 g/mol. The Bertz CT molecular complexity index is 1500. The number of carbonyl (C=O) groups excluding carboxylic acids is 2. The second-order valence-corrected chi connectivity index (χ2v) is 10.5. The molecule has 1 fully saturated rings. The van der Waals surface area contributed by atoms with Gasteiger partial charge in [-0.2, -0.15) is 18.4 Å². The number of amides is 2. The highest BCUT2D eigenvalue weighted by molar-refractivity contribution is 6.03. The van der Waals surface area contributed by atoms with Crippen LogP contribution in [0.3, 0.4) is 0 Å². The first kappa shape index (κ1) is 29.7. The van der Waals surface area contributed by atoms with Gasteiger partial charge in [0, 0.05) is 11.3 Å². The topological polar surface area (TPSA) is 113 Å². The highest BCUT2D eigenvalue weighted by Gasteiger charge is 2.30. The number of halogens is 3. The molecule has 0 saturated heterocycles. The number of hydrogen-bond donors (Lipinski definition) is 2. The van der Waals surface area contributed by atoms with E-state index in [1.54, 1.807) is 36.1 Å². The maximum Gasteiger partial charge on any atom is 0.416 e. The Morgan fingerprint density at radius 1 is 0.977 bits per heavy atom. The lowest BCUT2D eigenvalue weighted by molar-refractivity contribution is -0.137. The predicted octanol–water partition coefficient (Wildman–Crippen LogP) is 6.52. The van der Waals surface area contributed by atoms with Crippen LogP contribution in [-0.2, 0) is 17.5 Å². The summed E-state index contributed by atoms with van der Waals surface area (Å²) in [6.45, 7) is 1.74. The molecule has 1 aliphatic rings. The van der Waals surface area contributed by atoms with Crippen molar-refractivity contribution >= 4 is 23.5 Å². The molecule has 2 amide bonds. The highest BCUT2D eigenvalue weighted by Crippen LogP contribution is 2.34. The van der Waals surface area contributed by atoms with E-state index < -0.39 is 23.8 Å². The van der Waals surface area contributed by atoms with Crippen molar-refractivity contribution in [1.82, 2.24) is 20.6 Å². The van der Waals surface area contributed by atoms with Gasteiger partial charge in [0.05, 0.1) is 12.1 Å². The first-order valence-corrected chi connectivity index (χ1v) is 14.1. The van der Waals surface area contributed by atoms with Crippen molar-refractivity contribution < 1.29 is 27.5 Å². The molecule has 224 valence electrons. The number of aromatic amines is 1. The quantitative estimate of drug-likeness (QED) is 0.229. The van der Waals surface area contributed by atoms with Gasteiger partial charge in [0.2, 0.25) is 0 Å². The molecule has 4 aromatic rings. The summed E-state index contributed by atoms with van der Waals surface area (Å²) in [6, 6.07) is 18.9. The fourth-order valence-corrected chi connectivity index (χ4v) is 5.19. The SMILES string of the molecule is CC(Oc1ccc(C(F)(F)F)cc1)C(=O)N(Cc1ccc(C(=O)Nc2nn[nH]n2)cc1)c1ccc(C2CCCCC2)cc1. The van der Waals surface area contributed by atoms with Gasteiger partial charge in [-0.3, -0.25) is 14.9 Å². The normalized spacial score (nSPS) is 14.6. The zero-order valence-corrected chi connectivity index (χ0v) is 23.5. The second kappa shape index (κ2) is 13.1. The van der Waals surface area contributed by atoms with Crippen LogP contribution < -0.4 is 15.0 Å². The molecule has 43 heavy (non-hydrogen) atoms. The molecule has 9 nitrogen and oxygen atoms in total. The zero-order valence-electron chi connectivity index (χ0n) is 23.5. The van der Waals surface area contributed by atoms with E-state index in [1.165, 1.54) is 37.0 Å². The van der Waals surface area contributed by atoms with Crippen LogP contribution in [0, 0.1) is 0 Å². The minimum absolute atomic E-state index is 0.0459. The molecule has 12 heteroatoms. The number of alkyl halides is 3. The number of nitrogens with one attached hydrogen (secondary N) is 2. The van der Waals surface area contributed by atoms with Crippen LogP contribution in [0.25, 0.3) is 0 Å². The molecular formula is C31H31F3N6O3. The summed E-state index contributed by atoms with van der Waals surface area (Å²) in [5.41, 5.74) is 2.21. The van der Waals surface area contributed by atoms with E-state index >= 15 is 0 Å². The maximum atomic E-state index is 13.8. The van der Waals surface area contributed by atoms with E-state index in [-0.39, 0.29) is 24.1 Å². The van der Waals surface area contributed by atoms with Gasteiger partial charge >= 0.3 is 6.18 Å². The molecule has 1 aliphatic carbocycles. The number of aromatic nitrogens is 4. The standard InChI is InChI=1S/C31H31F3N6O3/c1-20(43-27-17-13-25(14-18-27)31(32,33)34)29(42)40(26-15-11-23(12-16-26)22-5-3-2-4-6-22)19-21-7-9-24(10-8-21)28(41)35-30-36-38-39-37-30/h7-18,20,22H,2-6,19H2,1H3,(H2,35,36,37,38,39,41). The molecule has 1 saturated carbocycles. The molecule has 0 radical (unpaired) electrons. The molecule has 1 unspecified atom stereocenters. The first-order chi connectivity index (χ1) is 20.7. The Balaban J connectivity index is 1.34. The van der Waals surface area contributed by atoms with E-state index in [9.17, 15) is 22.8 Å². The van der Waals surface area contributed by atoms with Crippen LogP contribution in [0.1, 0.15) is 72.0 Å². The number of benzene rings is 3. The van der Waals surface area contributed by atoms with Crippen molar-refractivity contribution in [2.24, 2.45) is 0 Å². The van der Waals surface area contributed by atoms with Gasteiger partial charge in [0.25, 0.3) is 17.8 Å². The van der Waals surface area contributed by atoms with Gasteiger partial charge in [-0.15, -0.1) is 5.10 Å². The zero-order chi connectivity index (χ0) is 30.4. The van der Waals surface area contributed by atoms with Crippen LogP contribution in [0.2, 0.25) is 0 Å². The molecule has 0 spiro atoms. The third-order valence-electron chi connectivity index (χ3n) is 7.52. The van der Waals surface area contributed by atoms with Gasteiger partial charge in [-0.1, -0.05) is 48.6 Å². The summed E-state index contributed by atoms with van der Waals surface area (Å²) in [6.07, 6.45) is 0.501. The fraction of sp³-hybridized carbons (Fsp3) is 0.323. The molecule has 1 heterocycles. The van der Waals surface area contributed by atoms with Gasteiger partial charge in [-0.25, -0.2) is 0 Å². The van der Waals surface area contributed by atoms with Gasteiger partial charge in [0.1, 0.15) is 5.75 Å². The molecule has 5 rings (SSSR count). The molecule has 3 aromatic carbocycles. The molecular weight excluding hydrogens is 561 g/mol. The van der Waals surface area contributed by atoms with Crippen LogP contribution >= 0.6 is 0 Å². The minimum Gasteiger partial charge on any atom is -0.481 e. The number of carbonyl (C=O) groups is 2. The second-order valence-electron chi connectivity index (χ2n) is 10.5. The smallest absolute Gasteiger partial charge is 0.416 e. The van der Waals surface area contributed by atoms with Gasteiger partial charge in [0.15, 0.2) is 6.10 Å². The van der Waals surface area contributed by atoms with E-state index in [4.69, 9.17) is 4.74 Å². The van der Waals surface area contributed by atoms with Crippen molar-refractivity contribution in [2.75, 3.05) is 10.2 Å². The summed E-state index contributed by atoms with van der Waals surface area (Å²) >= 11 is 0. The summed E-state index contributed by atoms with van der Waals surface area (Å²) in [5.74, 6) is -0.0926. The molecule has 0 bridgehead atoms. The number of rotatable bonds is 9. The van der Waals surface area contributed by atoms with E-state index in [2.05, 4.69) is 38.1 Å². The Labute approximate surface area is 246 Å². The lowest BCUT2D eigenvalue weighted by Crippen LogP contribution is -2.40. The number of H-pyrrole nitrogens is 1. The summed E-state index contributed by atoms with van der Waals surface area (Å²) in [7, 11) is 0. The van der Waals surface area contributed by atoms with Crippen molar-refractivity contribution in [3.05, 3.63) is 95.1 Å². The minimum atomic E-state index is -4.47. The average Bonchev–Trinajstić information content (AvgIpc) is 3.53. The van der Waals surface area contributed by atoms with E-state index in [1.807, 2.05) is 12.1 Å². The number of hydrogen-bond acceptors (Lipinski definition) is 6. The summed E-state index contributed by atoms with van der Waals surface area (Å²) in [4.78, 5) is 27.8. The van der Waals surface area contributed by atoms with Crippen LogP contribution in [0.4, 0.5) is 24.8 Å². The predicted molar refractivity (Wildman–Crippen MR) is 154 cm³/mol. The average molecular weight is 593 g/mol. The summed E-state index contributed by atoms with van der Waals surface area (Å²) < 4.78 is 44.7. The van der Waals surface area contributed by atoms with E-state index in [0.717, 1.165) is 30.5 Å². The van der Waals surface area contributed by atoms with Crippen LogP contribution in [0.15, 0.2) is 72.8 Å².